The number of carbonyl (C=O) groups is 1. The lowest BCUT2D eigenvalue weighted by atomic mass is 9.96. The van der Waals surface area contributed by atoms with Crippen LogP contribution in [0.3, 0.4) is 0 Å². The maximum Gasteiger partial charge on any atom is 0.410 e. The van der Waals surface area contributed by atoms with E-state index in [0.29, 0.717) is 12.1 Å². The fraction of sp³-hybridized carbons (Fsp3) is 0.947. The van der Waals surface area contributed by atoms with E-state index < -0.39 is 11.2 Å². The van der Waals surface area contributed by atoms with Crippen molar-refractivity contribution in [3.63, 3.8) is 0 Å². The number of amides is 1. The fourth-order valence-corrected chi connectivity index (χ4v) is 3.97. The van der Waals surface area contributed by atoms with Crippen LogP contribution in [0.25, 0.3) is 0 Å². The monoisotopic (exact) mass is 340 g/mol. The van der Waals surface area contributed by atoms with Crippen LogP contribution in [0.15, 0.2) is 0 Å². The molecule has 2 rings (SSSR count). The van der Waals surface area contributed by atoms with Crippen molar-refractivity contribution in [1.82, 2.24) is 9.80 Å². The molecule has 1 amide bonds. The van der Waals surface area contributed by atoms with Gasteiger partial charge in [-0.2, -0.15) is 0 Å². The Balaban J connectivity index is 1.89. The van der Waals surface area contributed by atoms with Gasteiger partial charge >= 0.3 is 6.09 Å². The largest absolute Gasteiger partial charge is 0.444 e. The highest BCUT2D eigenvalue weighted by Crippen LogP contribution is 2.32. The molecular formula is C19H36N2O3. The molecule has 0 bridgehead atoms. The molecule has 5 heteroatoms. The molecule has 0 radical (unpaired) electrons. The van der Waals surface area contributed by atoms with Crippen molar-refractivity contribution >= 4 is 6.09 Å². The van der Waals surface area contributed by atoms with E-state index >= 15 is 0 Å². The number of hydrogen-bond donors (Lipinski definition) is 1. The van der Waals surface area contributed by atoms with E-state index in [9.17, 15) is 9.90 Å². The summed E-state index contributed by atoms with van der Waals surface area (Å²) in [6.45, 7) is 12.4. The van der Waals surface area contributed by atoms with Gasteiger partial charge in [0, 0.05) is 31.7 Å². The van der Waals surface area contributed by atoms with Crippen molar-refractivity contribution in [2.75, 3.05) is 19.6 Å². The van der Waals surface area contributed by atoms with Gasteiger partial charge in [0.25, 0.3) is 0 Å². The van der Waals surface area contributed by atoms with E-state index in [4.69, 9.17) is 4.74 Å². The summed E-state index contributed by atoms with van der Waals surface area (Å²) in [4.78, 5) is 16.5. The molecule has 5 nitrogen and oxygen atoms in total. The second-order valence-corrected chi connectivity index (χ2v) is 8.90. The summed E-state index contributed by atoms with van der Waals surface area (Å²) < 4.78 is 5.48. The molecule has 1 saturated heterocycles. The van der Waals surface area contributed by atoms with Crippen LogP contribution in [0.1, 0.15) is 73.1 Å². The first kappa shape index (κ1) is 19.5. The van der Waals surface area contributed by atoms with E-state index in [-0.39, 0.29) is 6.09 Å². The van der Waals surface area contributed by atoms with Gasteiger partial charge in [-0.15, -0.1) is 0 Å². The second-order valence-electron chi connectivity index (χ2n) is 8.90. The minimum atomic E-state index is -0.507. The van der Waals surface area contributed by atoms with Crippen LogP contribution in [0.4, 0.5) is 4.79 Å². The van der Waals surface area contributed by atoms with Crippen LogP contribution in [0, 0.1) is 0 Å². The van der Waals surface area contributed by atoms with Crippen molar-refractivity contribution in [2.24, 2.45) is 0 Å². The molecule has 140 valence electrons. The molecule has 24 heavy (non-hydrogen) atoms. The zero-order chi connectivity index (χ0) is 18.0. The lowest BCUT2D eigenvalue weighted by Crippen LogP contribution is -2.53. The first-order chi connectivity index (χ1) is 11.1. The SMILES string of the molecule is CC(C)N(CC1(O)CCCC1)C1CCN(C(=O)OC(C)(C)C)CC1. The summed E-state index contributed by atoms with van der Waals surface area (Å²) in [7, 11) is 0. The van der Waals surface area contributed by atoms with E-state index in [0.717, 1.165) is 58.2 Å². The Morgan fingerprint density at radius 3 is 2.25 bits per heavy atom. The Bertz CT molecular complexity index is 417. The van der Waals surface area contributed by atoms with Crippen molar-refractivity contribution < 1.29 is 14.6 Å². The van der Waals surface area contributed by atoms with E-state index in [1.165, 1.54) is 0 Å². The van der Waals surface area contributed by atoms with Crippen LogP contribution in [-0.4, -0.2) is 63.9 Å². The van der Waals surface area contributed by atoms with Crippen LogP contribution < -0.4 is 0 Å². The Hall–Kier alpha value is -0.810. The molecule has 0 aromatic carbocycles. The van der Waals surface area contributed by atoms with Crippen molar-refractivity contribution in [3.05, 3.63) is 0 Å². The van der Waals surface area contributed by atoms with Gasteiger partial charge in [-0.3, -0.25) is 4.90 Å². The van der Waals surface area contributed by atoms with E-state index in [1.807, 2.05) is 25.7 Å². The number of likely N-dealkylation sites (tertiary alicyclic amines) is 1. The van der Waals surface area contributed by atoms with Gasteiger partial charge in [0.15, 0.2) is 0 Å². The minimum Gasteiger partial charge on any atom is -0.444 e. The zero-order valence-corrected chi connectivity index (χ0v) is 16.2. The second kappa shape index (κ2) is 7.61. The van der Waals surface area contributed by atoms with Gasteiger partial charge in [0.1, 0.15) is 5.60 Å². The van der Waals surface area contributed by atoms with Crippen LogP contribution in [0.5, 0.6) is 0 Å². The van der Waals surface area contributed by atoms with Crippen LogP contribution in [0.2, 0.25) is 0 Å². The standard InChI is InChI=1S/C19H36N2O3/c1-15(2)21(14-19(23)10-6-7-11-19)16-8-12-20(13-9-16)17(22)24-18(3,4)5/h15-16,23H,6-14H2,1-5H3. The average molecular weight is 341 g/mol. The summed E-state index contributed by atoms with van der Waals surface area (Å²) >= 11 is 0. The average Bonchev–Trinajstić information content (AvgIpc) is 2.90. The molecule has 1 heterocycles. The number of nitrogens with zero attached hydrogens (tertiary/aromatic N) is 2. The third-order valence-electron chi connectivity index (χ3n) is 5.26. The lowest BCUT2D eigenvalue weighted by Gasteiger charge is -2.43. The first-order valence-electron chi connectivity index (χ1n) is 9.56. The van der Waals surface area contributed by atoms with Crippen molar-refractivity contribution in [2.45, 2.75) is 96.4 Å². The fourth-order valence-electron chi connectivity index (χ4n) is 3.97. The number of aliphatic hydroxyl groups is 1. The van der Waals surface area contributed by atoms with Gasteiger partial charge < -0.3 is 14.7 Å². The molecule has 1 aliphatic heterocycles. The van der Waals surface area contributed by atoms with Crippen molar-refractivity contribution in [1.29, 1.82) is 0 Å². The highest BCUT2D eigenvalue weighted by molar-refractivity contribution is 5.68. The maximum atomic E-state index is 12.2. The Morgan fingerprint density at radius 1 is 1.25 bits per heavy atom. The number of ether oxygens (including phenoxy) is 1. The molecule has 1 saturated carbocycles. The summed E-state index contributed by atoms with van der Waals surface area (Å²) in [5.41, 5.74) is -0.948. The molecule has 0 aromatic rings. The third-order valence-corrected chi connectivity index (χ3v) is 5.26. The summed E-state index contributed by atoms with van der Waals surface area (Å²) in [6.07, 6.45) is 5.83. The Kier molecular flexibility index (Phi) is 6.19. The van der Waals surface area contributed by atoms with Crippen LogP contribution >= 0.6 is 0 Å². The van der Waals surface area contributed by atoms with Gasteiger partial charge in [0.05, 0.1) is 5.60 Å². The Labute approximate surface area is 147 Å². The highest BCUT2D eigenvalue weighted by atomic mass is 16.6. The maximum absolute atomic E-state index is 12.2. The zero-order valence-electron chi connectivity index (χ0n) is 16.2. The number of piperidine rings is 1. The molecule has 2 fully saturated rings. The first-order valence-corrected chi connectivity index (χ1v) is 9.56. The van der Waals surface area contributed by atoms with Gasteiger partial charge in [0.2, 0.25) is 0 Å². The van der Waals surface area contributed by atoms with E-state index in [1.54, 1.807) is 0 Å². The Morgan fingerprint density at radius 2 is 1.79 bits per heavy atom. The molecular weight excluding hydrogens is 304 g/mol. The quantitative estimate of drug-likeness (QED) is 0.852. The van der Waals surface area contributed by atoms with Gasteiger partial charge in [-0.1, -0.05) is 12.8 Å². The summed E-state index contributed by atoms with van der Waals surface area (Å²) in [5.74, 6) is 0. The highest BCUT2D eigenvalue weighted by Gasteiger charge is 2.37. The van der Waals surface area contributed by atoms with Crippen molar-refractivity contribution in [3.8, 4) is 0 Å². The number of carbonyl (C=O) groups excluding carboxylic acids is 1. The molecule has 0 aromatic heterocycles. The predicted octanol–water partition coefficient (Wildman–Crippen LogP) is 3.40. The predicted molar refractivity (Wildman–Crippen MR) is 96.1 cm³/mol. The minimum absolute atomic E-state index is 0.202. The number of hydrogen-bond acceptors (Lipinski definition) is 4. The topological polar surface area (TPSA) is 53.0 Å². The summed E-state index contributed by atoms with van der Waals surface area (Å²) in [5, 5.41) is 10.8. The summed E-state index contributed by atoms with van der Waals surface area (Å²) in [6, 6.07) is 0.848. The lowest BCUT2D eigenvalue weighted by molar-refractivity contribution is -0.0287. The third kappa shape index (κ3) is 5.35. The molecule has 1 N–H and O–H groups in total. The smallest absolute Gasteiger partial charge is 0.410 e. The van der Waals surface area contributed by atoms with Gasteiger partial charge in [-0.05, 0) is 60.3 Å². The molecule has 0 unspecified atom stereocenters. The molecule has 2 aliphatic rings. The van der Waals surface area contributed by atoms with E-state index in [2.05, 4.69) is 18.7 Å². The van der Waals surface area contributed by atoms with Crippen LogP contribution in [-0.2, 0) is 4.74 Å². The normalized spacial score (nSPS) is 22.4. The molecule has 0 spiro atoms. The van der Waals surface area contributed by atoms with Gasteiger partial charge in [-0.25, -0.2) is 4.79 Å². The molecule has 0 atom stereocenters. The molecule has 1 aliphatic carbocycles. The number of rotatable bonds is 4.